The number of hydrogen-bond acceptors (Lipinski definition) is 2. The molecule has 0 heterocycles. The van der Waals surface area contributed by atoms with Crippen molar-refractivity contribution in [2.75, 3.05) is 14.1 Å². The number of benzene rings is 1. The highest BCUT2D eigenvalue weighted by Crippen LogP contribution is 2.24. The van der Waals surface area contributed by atoms with E-state index in [1.54, 1.807) is 20.2 Å². The average molecular weight is 272 g/mol. The lowest BCUT2D eigenvalue weighted by atomic mass is 10.1. The van der Waals surface area contributed by atoms with Gasteiger partial charge in [0.1, 0.15) is 5.75 Å². The van der Waals surface area contributed by atoms with Gasteiger partial charge < -0.3 is 9.64 Å². The smallest absolute Gasteiger partial charge is 0.410 e. The van der Waals surface area contributed by atoms with Crippen LogP contribution in [0.3, 0.4) is 0 Å². The molecule has 0 aliphatic heterocycles. The van der Waals surface area contributed by atoms with Crippen molar-refractivity contribution in [3.05, 3.63) is 28.2 Å². The van der Waals surface area contributed by atoms with Gasteiger partial charge in [-0.05, 0) is 24.1 Å². The SMILES string of the molecule is CCc1ccc(Br)cc1OC(=O)N(C)C. The van der Waals surface area contributed by atoms with Crippen molar-refractivity contribution in [1.29, 1.82) is 0 Å². The monoisotopic (exact) mass is 271 g/mol. The third kappa shape index (κ3) is 3.23. The van der Waals surface area contributed by atoms with E-state index >= 15 is 0 Å². The molecule has 4 heteroatoms. The molecule has 1 amide bonds. The molecule has 0 aliphatic carbocycles. The molecule has 0 radical (unpaired) electrons. The number of ether oxygens (including phenoxy) is 1. The van der Waals surface area contributed by atoms with Crippen LogP contribution in [0.2, 0.25) is 0 Å². The van der Waals surface area contributed by atoms with Crippen molar-refractivity contribution in [2.24, 2.45) is 0 Å². The van der Waals surface area contributed by atoms with Gasteiger partial charge in [-0.3, -0.25) is 0 Å². The average Bonchev–Trinajstić information content (AvgIpc) is 2.18. The Hall–Kier alpha value is -1.03. The van der Waals surface area contributed by atoms with Crippen LogP contribution < -0.4 is 4.74 Å². The van der Waals surface area contributed by atoms with Gasteiger partial charge in [-0.25, -0.2) is 4.79 Å². The zero-order valence-corrected chi connectivity index (χ0v) is 10.7. The van der Waals surface area contributed by atoms with Gasteiger partial charge in [0.25, 0.3) is 0 Å². The van der Waals surface area contributed by atoms with Gasteiger partial charge in [-0.1, -0.05) is 28.9 Å². The summed E-state index contributed by atoms with van der Waals surface area (Å²) in [4.78, 5) is 12.8. The van der Waals surface area contributed by atoms with E-state index in [2.05, 4.69) is 15.9 Å². The number of nitrogens with zero attached hydrogens (tertiary/aromatic N) is 1. The van der Waals surface area contributed by atoms with Crippen LogP contribution in [0.1, 0.15) is 12.5 Å². The van der Waals surface area contributed by atoms with Crippen molar-refractivity contribution < 1.29 is 9.53 Å². The van der Waals surface area contributed by atoms with Crippen molar-refractivity contribution in [3.8, 4) is 5.75 Å². The third-order valence-electron chi connectivity index (χ3n) is 1.97. The summed E-state index contributed by atoms with van der Waals surface area (Å²) in [5.74, 6) is 0.616. The van der Waals surface area contributed by atoms with Crippen LogP contribution in [0.4, 0.5) is 4.79 Å². The lowest BCUT2D eigenvalue weighted by Gasteiger charge is -2.13. The summed E-state index contributed by atoms with van der Waals surface area (Å²) < 4.78 is 6.14. The Morgan fingerprint density at radius 3 is 2.67 bits per heavy atom. The Kier molecular flexibility index (Phi) is 4.15. The largest absolute Gasteiger partial charge is 0.414 e. The lowest BCUT2D eigenvalue weighted by molar-refractivity contribution is 0.171. The summed E-state index contributed by atoms with van der Waals surface area (Å²) in [6.45, 7) is 2.02. The Morgan fingerprint density at radius 2 is 2.13 bits per heavy atom. The predicted molar refractivity (Wildman–Crippen MR) is 63.2 cm³/mol. The predicted octanol–water partition coefficient (Wildman–Crippen LogP) is 3.07. The van der Waals surface area contributed by atoms with E-state index < -0.39 is 0 Å². The van der Waals surface area contributed by atoms with Gasteiger partial charge in [-0.15, -0.1) is 0 Å². The Bertz CT molecular complexity index is 364. The molecule has 0 aromatic heterocycles. The maximum atomic E-state index is 11.4. The number of hydrogen-bond donors (Lipinski definition) is 0. The fourth-order valence-electron chi connectivity index (χ4n) is 1.10. The second kappa shape index (κ2) is 5.16. The van der Waals surface area contributed by atoms with Crippen molar-refractivity contribution in [1.82, 2.24) is 4.90 Å². The van der Waals surface area contributed by atoms with E-state index in [0.717, 1.165) is 16.5 Å². The second-order valence-electron chi connectivity index (χ2n) is 3.37. The van der Waals surface area contributed by atoms with E-state index in [1.807, 2.05) is 19.1 Å². The van der Waals surface area contributed by atoms with Gasteiger partial charge in [0.15, 0.2) is 0 Å². The van der Waals surface area contributed by atoms with Crippen LogP contribution in [0.5, 0.6) is 5.75 Å². The van der Waals surface area contributed by atoms with Gasteiger partial charge in [-0.2, -0.15) is 0 Å². The Labute approximate surface area is 98.2 Å². The minimum Gasteiger partial charge on any atom is -0.410 e. The van der Waals surface area contributed by atoms with Crippen molar-refractivity contribution >= 4 is 22.0 Å². The van der Waals surface area contributed by atoms with E-state index in [1.165, 1.54) is 4.90 Å². The van der Waals surface area contributed by atoms with Gasteiger partial charge >= 0.3 is 6.09 Å². The second-order valence-corrected chi connectivity index (χ2v) is 4.28. The number of halogens is 1. The zero-order chi connectivity index (χ0) is 11.4. The number of carbonyl (C=O) groups excluding carboxylic acids is 1. The first kappa shape index (κ1) is 12.0. The molecule has 0 fully saturated rings. The minimum atomic E-state index is -0.359. The molecule has 0 N–H and O–H groups in total. The molecule has 0 saturated carbocycles. The topological polar surface area (TPSA) is 29.5 Å². The number of aryl methyl sites for hydroxylation is 1. The molecule has 1 rings (SSSR count). The standard InChI is InChI=1S/C11H14BrNO2/c1-4-8-5-6-9(12)7-10(8)15-11(14)13(2)3/h5-7H,4H2,1-3H3. The zero-order valence-electron chi connectivity index (χ0n) is 9.08. The van der Waals surface area contributed by atoms with E-state index in [-0.39, 0.29) is 6.09 Å². The van der Waals surface area contributed by atoms with Crippen LogP contribution >= 0.6 is 15.9 Å². The Morgan fingerprint density at radius 1 is 1.47 bits per heavy atom. The molecule has 1 aromatic carbocycles. The first-order valence-corrected chi connectivity index (χ1v) is 5.51. The van der Waals surface area contributed by atoms with Gasteiger partial charge in [0.05, 0.1) is 0 Å². The molecule has 0 atom stereocenters. The molecule has 3 nitrogen and oxygen atoms in total. The molecule has 0 saturated heterocycles. The van der Waals surface area contributed by atoms with E-state index in [0.29, 0.717) is 5.75 Å². The molecule has 0 bridgehead atoms. The molecule has 1 aromatic rings. The number of rotatable bonds is 2. The number of carbonyl (C=O) groups is 1. The molecule has 0 aliphatic rings. The summed E-state index contributed by atoms with van der Waals surface area (Å²) >= 11 is 3.35. The van der Waals surface area contributed by atoms with Crippen molar-refractivity contribution in [2.45, 2.75) is 13.3 Å². The molecular weight excluding hydrogens is 258 g/mol. The molecule has 0 unspecified atom stereocenters. The van der Waals surface area contributed by atoms with Gasteiger partial charge in [0, 0.05) is 18.6 Å². The summed E-state index contributed by atoms with van der Waals surface area (Å²) in [5, 5.41) is 0. The highest BCUT2D eigenvalue weighted by Gasteiger charge is 2.10. The van der Waals surface area contributed by atoms with Crippen LogP contribution in [0.25, 0.3) is 0 Å². The van der Waals surface area contributed by atoms with Crippen LogP contribution in [0, 0.1) is 0 Å². The fourth-order valence-corrected chi connectivity index (χ4v) is 1.44. The normalized spacial score (nSPS) is 9.87. The lowest BCUT2D eigenvalue weighted by Crippen LogP contribution is -2.25. The van der Waals surface area contributed by atoms with Crippen LogP contribution in [-0.4, -0.2) is 25.1 Å². The summed E-state index contributed by atoms with van der Waals surface area (Å²) in [5.41, 5.74) is 1.02. The summed E-state index contributed by atoms with van der Waals surface area (Å²) in [6.07, 6.45) is 0.478. The molecular formula is C11H14BrNO2. The maximum Gasteiger partial charge on any atom is 0.414 e. The van der Waals surface area contributed by atoms with Gasteiger partial charge in [0.2, 0.25) is 0 Å². The molecule has 0 spiro atoms. The minimum absolute atomic E-state index is 0.359. The Balaban J connectivity index is 2.92. The molecule has 82 valence electrons. The third-order valence-corrected chi connectivity index (χ3v) is 2.47. The maximum absolute atomic E-state index is 11.4. The van der Waals surface area contributed by atoms with Crippen LogP contribution in [0.15, 0.2) is 22.7 Å². The van der Waals surface area contributed by atoms with Crippen molar-refractivity contribution in [3.63, 3.8) is 0 Å². The summed E-state index contributed by atoms with van der Waals surface area (Å²) in [6, 6.07) is 5.69. The first-order valence-electron chi connectivity index (χ1n) is 4.72. The quantitative estimate of drug-likeness (QED) is 0.828. The highest BCUT2D eigenvalue weighted by atomic mass is 79.9. The molecule has 15 heavy (non-hydrogen) atoms. The van der Waals surface area contributed by atoms with Crippen LogP contribution in [-0.2, 0) is 6.42 Å². The van der Waals surface area contributed by atoms with E-state index in [4.69, 9.17) is 4.74 Å². The number of amides is 1. The fraction of sp³-hybridized carbons (Fsp3) is 0.364. The highest BCUT2D eigenvalue weighted by molar-refractivity contribution is 9.10. The summed E-state index contributed by atoms with van der Waals surface area (Å²) in [7, 11) is 3.32. The van der Waals surface area contributed by atoms with E-state index in [9.17, 15) is 4.79 Å². The first-order chi connectivity index (χ1) is 7.04.